The van der Waals surface area contributed by atoms with Gasteiger partial charge < -0.3 is 14.6 Å². The monoisotopic (exact) mass is 208 g/mol. The molecule has 1 saturated heterocycles. The number of hydrogen-bond acceptors (Lipinski definition) is 3. The lowest BCUT2D eigenvalue weighted by molar-refractivity contribution is -0.211. The Morgan fingerprint density at radius 2 is 1.80 bits per heavy atom. The molecule has 0 aliphatic carbocycles. The first kappa shape index (κ1) is 10.1. The number of carboxylic acids is 1. The molecule has 2 rings (SSSR count). The highest BCUT2D eigenvalue weighted by molar-refractivity contribution is 5.70. The maximum Gasteiger partial charge on any atom is 0.311 e. The van der Waals surface area contributed by atoms with Crippen LogP contribution in [0.1, 0.15) is 11.9 Å². The van der Waals surface area contributed by atoms with Gasteiger partial charge in [-0.05, 0) is 0 Å². The summed E-state index contributed by atoms with van der Waals surface area (Å²) in [6.45, 7) is 0.407. The van der Waals surface area contributed by atoms with Crippen LogP contribution in [-0.4, -0.2) is 24.3 Å². The summed E-state index contributed by atoms with van der Waals surface area (Å²) in [4.78, 5) is 10.6. The molecule has 15 heavy (non-hydrogen) atoms. The Bertz CT molecular complexity index is 328. The third kappa shape index (κ3) is 2.34. The summed E-state index contributed by atoms with van der Waals surface area (Å²) in [6.07, 6.45) is -0.429. The van der Waals surface area contributed by atoms with E-state index < -0.39 is 18.2 Å². The summed E-state index contributed by atoms with van der Waals surface area (Å²) in [5, 5.41) is 8.74. The lowest BCUT2D eigenvalue weighted by atomic mass is 10.1. The van der Waals surface area contributed by atoms with Gasteiger partial charge in [-0.25, -0.2) is 0 Å². The largest absolute Gasteiger partial charge is 0.481 e. The molecule has 4 heteroatoms. The summed E-state index contributed by atoms with van der Waals surface area (Å²) >= 11 is 0. The van der Waals surface area contributed by atoms with Crippen LogP contribution >= 0.6 is 0 Å². The highest BCUT2D eigenvalue weighted by Gasteiger charge is 2.27. The Morgan fingerprint density at radius 3 is 2.33 bits per heavy atom. The van der Waals surface area contributed by atoms with Crippen LogP contribution in [-0.2, 0) is 14.3 Å². The number of aliphatic carboxylic acids is 1. The van der Waals surface area contributed by atoms with E-state index in [1.54, 1.807) is 0 Å². The molecular weight excluding hydrogens is 196 g/mol. The van der Waals surface area contributed by atoms with Crippen molar-refractivity contribution < 1.29 is 19.4 Å². The van der Waals surface area contributed by atoms with E-state index in [9.17, 15) is 4.79 Å². The molecule has 0 spiro atoms. The minimum atomic E-state index is -0.874. The minimum Gasteiger partial charge on any atom is -0.481 e. The zero-order chi connectivity index (χ0) is 10.7. The molecule has 0 unspecified atom stereocenters. The molecule has 1 aliphatic rings. The Labute approximate surface area is 87.4 Å². The van der Waals surface area contributed by atoms with E-state index >= 15 is 0 Å². The quantitative estimate of drug-likeness (QED) is 0.798. The average molecular weight is 208 g/mol. The molecule has 0 aromatic heterocycles. The first-order chi connectivity index (χ1) is 7.27. The lowest BCUT2D eigenvalue weighted by Gasteiger charge is -2.27. The SMILES string of the molecule is O=C(O)[C@H]1CO[C@@H](c2ccccc2)OC1. The van der Waals surface area contributed by atoms with Gasteiger partial charge in [-0.3, -0.25) is 4.79 Å². The van der Waals surface area contributed by atoms with Crippen molar-refractivity contribution in [3.8, 4) is 0 Å². The molecule has 1 aromatic carbocycles. The fourth-order valence-electron chi connectivity index (χ4n) is 1.45. The molecule has 4 nitrogen and oxygen atoms in total. The van der Waals surface area contributed by atoms with Gasteiger partial charge in [0.25, 0.3) is 0 Å². The Balaban J connectivity index is 1.97. The second-order valence-electron chi connectivity index (χ2n) is 3.44. The van der Waals surface area contributed by atoms with Gasteiger partial charge in [0.2, 0.25) is 0 Å². The molecule has 0 amide bonds. The van der Waals surface area contributed by atoms with Gasteiger partial charge in [-0.15, -0.1) is 0 Å². The maximum absolute atomic E-state index is 10.6. The van der Waals surface area contributed by atoms with Crippen LogP contribution in [0.25, 0.3) is 0 Å². The molecule has 1 aromatic rings. The van der Waals surface area contributed by atoms with Crippen molar-refractivity contribution in [2.75, 3.05) is 13.2 Å². The number of carbonyl (C=O) groups is 1. The van der Waals surface area contributed by atoms with Crippen LogP contribution in [0.3, 0.4) is 0 Å². The van der Waals surface area contributed by atoms with E-state index in [1.807, 2.05) is 30.3 Å². The summed E-state index contributed by atoms with van der Waals surface area (Å²) in [5.41, 5.74) is 0.918. The molecule has 0 bridgehead atoms. The van der Waals surface area contributed by atoms with E-state index in [2.05, 4.69) is 0 Å². The number of benzene rings is 1. The molecule has 0 atom stereocenters. The second-order valence-corrected chi connectivity index (χ2v) is 3.44. The van der Waals surface area contributed by atoms with Gasteiger partial charge in [-0.1, -0.05) is 30.3 Å². The Morgan fingerprint density at radius 1 is 1.20 bits per heavy atom. The first-order valence-corrected chi connectivity index (χ1v) is 4.78. The van der Waals surface area contributed by atoms with Crippen molar-refractivity contribution >= 4 is 5.97 Å². The first-order valence-electron chi connectivity index (χ1n) is 4.78. The van der Waals surface area contributed by atoms with Crippen LogP contribution in [0, 0.1) is 5.92 Å². The summed E-state index contributed by atoms with van der Waals surface area (Å²) in [5.74, 6) is -1.42. The average Bonchev–Trinajstić information content (AvgIpc) is 2.30. The third-order valence-electron chi connectivity index (χ3n) is 2.32. The van der Waals surface area contributed by atoms with Crippen LogP contribution in [0.15, 0.2) is 30.3 Å². The van der Waals surface area contributed by atoms with Gasteiger partial charge in [0, 0.05) is 5.56 Å². The molecule has 1 fully saturated rings. The van der Waals surface area contributed by atoms with E-state index in [1.165, 1.54) is 0 Å². The van der Waals surface area contributed by atoms with Gasteiger partial charge >= 0.3 is 5.97 Å². The van der Waals surface area contributed by atoms with Crippen molar-refractivity contribution in [1.82, 2.24) is 0 Å². The van der Waals surface area contributed by atoms with Crippen molar-refractivity contribution in [2.24, 2.45) is 5.92 Å². The van der Waals surface area contributed by atoms with E-state index in [4.69, 9.17) is 14.6 Å². The standard InChI is InChI=1S/C11H12O4/c12-10(13)9-6-14-11(15-7-9)8-4-2-1-3-5-8/h1-5,9,11H,6-7H2,(H,12,13)/t9-,11+. The highest BCUT2D eigenvalue weighted by Crippen LogP contribution is 2.24. The number of carboxylic acid groups (broad SMARTS) is 1. The second kappa shape index (κ2) is 4.42. The zero-order valence-corrected chi connectivity index (χ0v) is 8.13. The van der Waals surface area contributed by atoms with Gasteiger partial charge in [0.1, 0.15) is 5.92 Å². The summed E-state index contributed by atoms with van der Waals surface area (Å²) < 4.78 is 10.7. The minimum absolute atomic E-state index is 0.203. The smallest absolute Gasteiger partial charge is 0.311 e. The predicted molar refractivity (Wildman–Crippen MR) is 52.2 cm³/mol. The van der Waals surface area contributed by atoms with E-state index in [0.717, 1.165) is 5.56 Å². The van der Waals surface area contributed by atoms with Crippen LogP contribution in [0.4, 0.5) is 0 Å². The number of ether oxygens (including phenoxy) is 2. The molecule has 0 radical (unpaired) electrons. The Kier molecular flexibility index (Phi) is 2.99. The highest BCUT2D eigenvalue weighted by atomic mass is 16.7. The molecule has 1 N–H and O–H groups in total. The van der Waals surface area contributed by atoms with Gasteiger partial charge in [0.05, 0.1) is 13.2 Å². The van der Waals surface area contributed by atoms with Crippen molar-refractivity contribution in [1.29, 1.82) is 0 Å². The fourth-order valence-corrected chi connectivity index (χ4v) is 1.45. The Hall–Kier alpha value is -1.39. The lowest BCUT2D eigenvalue weighted by Crippen LogP contribution is -2.32. The molecule has 0 saturated carbocycles. The number of rotatable bonds is 2. The summed E-state index contributed by atoms with van der Waals surface area (Å²) in [7, 11) is 0. The molecule has 1 heterocycles. The van der Waals surface area contributed by atoms with Crippen LogP contribution < -0.4 is 0 Å². The van der Waals surface area contributed by atoms with E-state index in [-0.39, 0.29) is 13.2 Å². The van der Waals surface area contributed by atoms with Crippen molar-refractivity contribution in [2.45, 2.75) is 6.29 Å². The summed E-state index contributed by atoms with van der Waals surface area (Å²) in [6, 6.07) is 9.49. The van der Waals surface area contributed by atoms with Crippen LogP contribution in [0.2, 0.25) is 0 Å². The topological polar surface area (TPSA) is 55.8 Å². The van der Waals surface area contributed by atoms with E-state index in [0.29, 0.717) is 0 Å². The predicted octanol–water partition coefficient (Wildman–Crippen LogP) is 1.43. The van der Waals surface area contributed by atoms with Crippen LogP contribution in [0.5, 0.6) is 0 Å². The molecular formula is C11H12O4. The van der Waals surface area contributed by atoms with Gasteiger partial charge in [-0.2, -0.15) is 0 Å². The zero-order valence-electron chi connectivity index (χ0n) is 8.13. The molecule has 80 valence electrons. The molecule has 1 aliphatic heterocycles. The number of hydrogen-bond donors (Lipinski definition) is 1. The van der Waals surface area contributed by atoms with Crippen molar-refractivity contribution in [3.05, 3.63) is 35.9 Å². The fraction of sp³-hybridized carbons (Fsp3) is 0.364. The maximum atomic E-state index is 10.6. The van der Waals surface area contributed by atoms with Gasteiger partial charge in [0.15, 0.2) is 6.29 Å². The normalized spacial score (nSPS) is 26.1. The third-order valence-corrected chi connectivity index (χ3v) is 2.32. The van der Waals surface area contributed by atoms with Crippen molar-refractivity contribution in [3.63, 3.8) is 0 Å².